The molecule has 1 aliphatic heterocycles. The maximum atomic E-state index is 12.3. The second kappa shape index (κ2) is 8.03. The van der Waals surface area contributed by atoms with Crippen molar-refractivity contribution < 1.29 is 14.3 Å². The highest BCUT2D eigenvalue weighted by Gasteiger charge is 2.21. The number of amides is 1. The second-order valence-corrected chi connectivity index (χ2v) is 5.68. The first-order chi connectivity index (χ1) is 10.7. The predicted molar refractivity (Wildman–Crippen MR) is 86.5 cm³/mol. The molecule has 0 saturated carbocycles. The number of nitrogens with one attached hydrogen (secondary N) is 1. The highest BCUT2D eigenvalue weighted by Crippen LogP contribution is 2.28. The maximum Gasteiger partial charge on any atom is 0.222 e. The van der Waals surface area contributed by atoms with Crippen LogP contribution in [0.4, 0.5) is 0 Å². The minimum atomic E-state index is 0.210. The zero-order valence-corrected chi connectivity index (χ0v) is 13.7. The molecule has 0 bridgehead atoms. The van der Waals surface area contributed by atoms with Crippen LogP contribution in [0.1, 0.15) is 24.8 Å². The number of aryl methyl sites for hydroxylation is 1. The van der Waals surface area contributed by atoms with Crippen LogP contribution in [0, 0.1) is 0 Å². The molecule has 1 aliphatic rings. The fourth-order valence-corrected chi connectivity index (χ4v) is 2.86. The molecule has 5 heteroatoms. The first kappa shape index (κ1) is 16.6. The van der Waals surface area contributed by atoms with Crippen LogP contribution in [0.2, 0.25) is 0 Å². The van der Waals surface area contributed by atoms with Crippen LogP contribution >= 0.6 is 0 Å². The summed E-state index contributed by atoms with van der Waals surface area (Å²) in [4.78, 5) is 14.3. The lowest BCUT2D eigenvalue weighted by Gasteiger charge is -2.31. The van der Waals surface area contributed by atoms with E-state index in [1.54, 1.807) is 14.2 Å². The summed E-state index contributed by atoms with van der Waals surface area (Å²) in [5, 5.41) is 3.33. The highest BCUT2D eigenvalue weighted by molar-refractivity contribution is 5.76. The third-order valence-electron chi connectivity index (χ3n) is 4.33. The van der Waals surface area contributed by atoms with Crippen LogP contribution in [-0.2, 0) is 11.2 Å². The number of hydrogen-bond acceptors (Lipinski definition) is 4. The van der Waals surface area contributed by atoms with E-state index >= 15 is 0 Å². The van der Waals surface area contributed by atoms with Crippen molar-refractivity contribution >= 4 is 5.91 Å². The summed E-state index contributed by atoms with van der Waals surface area (Å²) in [5.74, 6) is 1.63. The average Bonchev–Trinajstić information content (AvgIpc) is 2.59. The first-order valence-corrected chi connectivity index (χ1v) is 7.83. The van der Waals surface area contributed by atoms with Crippen molar-refractivity contribution in [3.05, 3.63) is 23.8 Å². The minimum absolute atomic E-state index is 0.210. The third-order valence-corrected chi connectivity index (χ3v) is 4.33. The summed E-state index contributed by atoms with van der Waals surface area (Å²) in [6.07, 6.45) is 3.32. The summed E-state index contributed by atoms with van der Waals surface area (Å²) in [7, 11) is 5.17. The van der Waals surface area contributed by atoms with E-state index in [9.17, 15) is 4.79 Å². The van der Waals surface area contributed by atoms with Gasteiger partial charge in [0, 0.05) is 19.5 Å². The van der Waals surface area contributed by atoms with Crippen molar-refractivity contribution in [2.75, 3.05) is 34.4 Å². The van der Waals surface area contributed by atoms with Crippen molar-refractivity contribution in [1.82, 2.24) is 10.2 Å². The summed E-state index contributed by atoms with van der Waals surface area (Å²) in [6, 6.07) is 6.18. The lowest BCUT2D eigenvalue weighted by atomic mass is 10.0. The fourth-order valence-electron chi connectivity index (χ4n) is 2.86. The zero-order valence-electron chi connectivity index (χ0n) is 13.7. The van der Waals surface area contributed by atoms with Crippen LogP contribution in [0.3, 0.4) is 0 Å². The Bertz CT molecular complexity index is 499. The first-order valence-electron chi connectivity index (χ1n) is 7.83. The van der Waals surface area contributed by atoms with Crippen molar-refractivity contribution in [3.8, 4) is 11.5 Å². The Morgan fingerprint density at radius 1 is 1.23 bits per heavy atom. The topological polar surface area (TPSA) is 50.8 Å². The van der Waals surface area contributed by atoms with Gasteiger partial charge in [0.05, 0.1) is 14.2 Å². The van der Waals surface area contributed by atoms with Gasteiger partial charge in [-0.1, -0.05) is 6.07 Å². The molecule has 0 aliphatic carbocycles. The summed E-state index contributed by atoms with van der Waals surface area (Å²) in [6.45, 7) is 2.00. The van der Waals surface area contributed by atoms with Crippen LogP contribution in [-0.4, -0.2) is 51.2 Å². The van der Waals surface area contributed by atoms with Crippen molar-refractivity contribution in [1.29, 1.82) is 0 Å². The Labute approximate surface area is 132 Å². The molecule has 0 aromatic heterocycles. The van der Waals surface area contributed by atoms with E-state index in [0.29, 0.717) is 30.4 Å². The average molecular weight is 306 g/mol. The van der Waals surface area contributed by atoms with Crippen LogP contribution in [0.5, 0.6) is 11.5 Å². The highest BCUT2D eigenvalue weighted by atomic mass is 16.5. The number of ether oxygens (including phenoxy) is 2. The smallest absolute Gasteiger partial charge is 0.222 e. The van der Waals surface area contributed by atoms with E-state index in [0.717, 1.165) is 31.5 Å². The number of piperidine rings is 1. The molecule has 1 saturated heterocycles. The largest absolute Gasteiger partial charge is 0.493 e. The number of methoxy groups -OCH3 is 2. The summed E-state index contributed by atoms with van der Waals surface area (Å²) >= 11 is 0. The van der Waals surface area contributed by atoms with Crippen LogP contribution in [0.25, 0.3) is 0 Å². The molecule has 1 heterocycles. The van der Waals surface area contributed by atoms with Gasteiger partial charge in [-0.15, -0.1) is 0 Å². The predicted octanol–water partition coefficient (Wildman–Crippen LogP) is 1.85. The van der Waals surface area contributed by atoms with E-state index in [-0.39, 0.29) is 5.91 Å². The second-order valence-electron chi connectivity index (χ2n) is 5.68. The molecule has 1 aromatic rings. The van der Waals surface area contributed by atoms with Gasteiger partial charge in [-0.25, -0.2) is 0 Å². The summed E-state index contributed by atoms with van der Waals surface area (Å²) < 4.78 is 10.5. The van der Waals surface area contributed by atoms with Gasteiger partial charge in [0.1, 0.15) is 0 Å². The number of carbonyl (C=O) groups excluding carboxylic acids is 1. The van der Waals surface area contributed by atoms with Gasteiger partial charge < -0.3 is 19.7 Å². The van der Waals surface area contributed by atoms with Crippen molar-refractivity contribution in [3.63, 3.8) is 0 Å². The van der Waals surface area contributed by atoms with Gasteiger partial charge in [-0.2, -0.15) is 0 Å². The number of rotatable bonds is 6. The Kier molecular flexibility index (Phi) is 6.07. The number of nitrogens with zero attached hydrogens (tertiary/aromatic N) is 1. The standard InChI is InChI=1S/C17H26N2O3/c1-19(14-8-10-18-11-9-14)17(20)7-5-13-4-6-15(21-2)16(12-13)22-3/h4,6,12,14,18H,5,7-11H2,1-3H3. The Morgan fingerprint density at radius 2 is 1.91 bits per heavy atom. The Morgan fingerprint density at radius 3 is 2.55 bits per heavy atom. The zero-order chi connectivity index (χ0) is 15.9. The Hall–Kier alpha value is -1.75. The van der Waals surface area contributed by atoms with Crippen molar-refractivity contribution in [2.24, 2.45) is 0 Å². The van der Waals surface area contributed by atoms with E-state index < -0.39 is 0 Å². The molecule has 1 amide bonds. The quantitative estimate of drug-likeness (QED) is 0.871. The monoisotopic (exact) mass is 306 g/mol. The van der Waals surface area contributed by atoms with E-state index in [2.05, 4.69) is 5.32 Å². The third kappa shape index (κ3) is 4.13. The lowest BCUT2D eigenvalue weighted by Crippen LogP contribution is -2.44. The molecule has 0 atom stereocenters. The van der Waals surface area contributed by atoms with Gasteiger partial charge >= 0.3 is 0 Å². The molecule has 0 radical (unpaired) electrons. The van der Waals surface area contributed by atoms with Crippen molar-refractivity contribution in [2.45, 2.75) is 31.7 Å². The molecule has 122 valence electrons. The number of carbonyl (C=O) groups is 1. The molecule has 5 nitrogen and oxygen atoms in total. The van der Waals surface area contributed by atoms with Gasteiger partial charge in [-0.3, -0.25) is 4.79 Å². The van der Waals surface area contributed by atoms with Crippen LogP contribution < -0.4 is 14.8 Å². The van der Waals surface area contributed by atoms with E-state index in [4.69, 9.17) is 9.47 Å². The molecule has 0 spiro atoms. The molecule has 0 unspecified atom stereocenters. The van der Waals surface area contributed by atoms with Gasteiger partial charge in [-0.05, 0) is 50.0 Å². The number of hydrogen-bond donors (Lipinski definition) is 1. The van der Waals surface area contributed by atoms with E-state index in [1.165, 1.54) is 0 Å². The summed E-state index contributed by atoms with van der Waals surface area (Å²) in [5.41, 5.74) is 1.09. The molecule has 1 aromatic carbocycles. The lowest BCUT2D eigenvalue weighted by molar-refractivity contribution is -0.132. The number of benzene rings is 1. The molecule has 22 heavy (non-hydrogen) atoms. The molecule has 1 fully saturated rings. The van der Waals surface area contributed by atoms with E-state index in [1.807, 2.05) is 30.1 Å². The Balaban J connectivity index is 1.90. The van der Waals surface area contributed by atoms with Gasteiger partial charge in [0.15, 0.2) is 11.5 Å². The van der Waals surface area contributed by atoms with Gasteiger partial charge in [0.2, 0.25) is 5.91 Å². The molecular formula is C17H26N2O3. The fraction of sp³-hybridized carbons (Fsp3) is 0.588. The molecular weight excluding hydrogens is 280 g/mol. The SMILES string of the molecule is COc1ccc(CCC(=O)N(C)C2CCNCC2)cc1OC. The minimum Gasteiger partial charge on any atom is -0.493 e. The van der Waals surface area contributed by atoms with Crippen LogP contribution in [0.15, 0.2) is 18.2 Å². The maximum absolute atomic E-state index is 12.3. The molecule has 2 rings (SSSR count). The molecule has 1 N–H and O–H groups in total. The normalized spacial score (nSPS) is 15.4. The van der Waals surface area contributed by atoms with Gasteiger partial charge in [0.25, 0.3) is 0 Å².